The van der Waals surface area contributed by atoms with Gasteiger partial charge >= 0.3 is 0 Å². The van der Waals surface area contributed by atoms with Gasteiger partial charge in [-0.25, -0.2) is 4.98 Å². The summed E-state index contributed by atoms with van der Waals surface area (Å²) in [5.74, 6) is 0.151. The number of piperidine rings is 1. The first-order chi connectivity index (χ1) is 15.9. The van der Waals surface area contributed by atoms with E-state index in [1.54, 1.807) is 24.4 Å². The molecule has 2 amide bonds. The van der Waals surface area contributed by atoms with E-state index >= 15 is 0 Å². The Bertz CT molecular complexity index is 1040. The van der Waals surface area contributed by atoms with Gasteiger partial charge in [-0.05, 0) is 62.9 Å². The highest BCUT2D eigenvalue weighted by Gasteiger charge is 2.41. The molecule has 2 saturated heterocycles. The molecule has 9 nitrogen and oxygen atoms in total. The Balaban J connectivity index is 1.43. The lowest BCUT2D eigenvalue weighted by atomic mass is 9.96. The Labute approximate surface area is 192 Å². The Morgan fingerprint density at radius 3 is 2.36 bits per heavy atom. The van der Waals surface area contributed by atoms with E-state index in [9.17, 15) is 14.4 Å². The Morgan fingerprint density at radius 1 is 1.09 bits per heavy atom. The van der Waals surface area contributed by atoms with Gasteiger partial charge in [-0.1, -0.05) is 0 Å². The highest BCUT2D eigenvalue weighted by atomic mass is 16.2. The van der Waals surface area contributed by atoms with Crippen LogP contribution in [0.5, 0.6) is 0 Å². The first kappa shape index (κ1) is 22.7. The predicted octanol–water partition coefficient (Wildman–Crippen LogP) is 1.68. The van der Waals surface area contributed by atoms with Crippen LogP contribution in [-0.4, -0.2) is 53.8 Å². The molecule has 2 aliphatic rings. The number of carbonyl (C=O) groups excluding carboxylic acids is 3. The minimum atomic E-state index is -0.560. The molecule has 3 heterocycles. The quantitative estimate of drug-likeness (QED) is 0.448. The average molecular weight is 451 g/mol. The van der Waals surface area contributed by atoms with Crippen molar-refractivity contribution in [3.8, 4) is 0 Å². The van der Waals surface area contributed by atoms with Crippen molar-refractivity contribution in [2.75, 3.05) is 23.3 Å². The number of anilines is 2. The minimum Gasteiger partial charge on any atom is -0.383 e. The highest BCUT2D eigenvalue weighted by Crippen LogP contribution is 2.38. The van der Waals surface area contributed by atoms with Crippen molar-refractivity contribution in [3.63, 3.8) is 0 Å². The van der Waals surface area contributed by atoms with E-state index < -0.39 is 5.91 Å². The van der Waals surface area contributed by atoms with Crippen LogP contribution in [0.25, 0.3) is 0 Å². The summed E-state index contributed by atoms with van der Waals surface area (Å²) in [7, 11) is 0. The Hall–Kier alpha value is -3.46. The monoisotopic (exact) mass is 450 g/mol. The second kappa shape index (κ2) is 9.58. The number of benzene rings is 1. The maximum Gasteiger partial charge on any atom is 0.251 e. The van der Waals surface area contributed by atoms with Crippen LogP contribution in [0.4, 0.5) is 11.5 Å². The summed E-state index contributed by atoms with van der Waals surface area (Å²) >= 11 is 0. The number of primary amides is 1. The van der Waals surface area contributed by atoms with E-state index in [1.807, 2.05) is 12.1 Å². The molecule has 1 aromatic carbocycles. The van der Waals surface area contributed by atoms with Crippen molar-refractivity contribution in [2.45, 2.75) is 50.7 Å². The van der Waals surface area contributed by atoms with Gasteiger partial charge < -0.3 is 27.0 Å². The lowest BCUT2D eigenvalue weighted by Crippen LogP contribution is -2.50. The van der Waals surface area contributed by atoms with Crippen LogP contribution in [0, 0.1) is 0 Å². The molecule has 2 atom stereocenters. The second-order valence-electron chi connectivity index (χ2n) is 8.74. The average Bonchev–Trinajstić information content (AvgIpc) is 3.07. The molecule has 0 spiro atoms. The maximum absolute atomic E-state index is 13.0. The molecule has 2 aliphatic heterocycles. The van der Waals surface area contributed by atoms with Gasteiger partial charge in [0.15, 0.2) is 5.78 Å². The number of hydrogen-bond donors (Lipinski definition) is 4. The standard InChI is InChI=1S/C24H30N6O3/c1-14(31)16-3-7-22(28-13-16)30-18-4-5-19(30)12-17(11-18)29-24(33)15-2-6-20(23(26)32)21(10-15)27-9-8-25/h2-3,6-7,10,13,17-19,27H,4-5,8-9,11-12,25H2,1H3,(H2,26,32)(H,29,33). The van der Waals surface area contributed by atoms with Gasteiger partial charge in [-0.3, -0.25) is 14.4 Å². The summed E-state index contributed by atoms with van der Waals surface area (Å²) in [6, 6.07) is 9.22. The molecule has 6 N–H and O–H groups in total. The predicted molar refractivity (Wildman–Crippen MR) is 127 cm³/mol. The summed E-state index contributed by atoms with van der Waals surface area (Å²) < 4.78 is 0. The van der Waals surface area contributed by atoms with Crippen LogP contribution in [-0.2, 0) is 0 Å². The molecule has 2 fully saturated rings. The van der Waals surface area contributed by atoms with Gasteiger partial charge in [0, 0.05) is 54.2 Å². The van der Waals surface area contributed by atoms with Crippen LogP contribution in [0.3, 0.4) is 0 Å². The van der Waals surface area contributed by atoms with Gasteiger partial charge in [-0.2, -0.15) is 0 Å². The van der Waals surface area contributed by atoms with Gasteiger partial charge in [-0.15, -0.1) is 0 Å². The van der Waals surface area contributed by atoms with Gasteiger partial charge in [0.1, 0.15) is 5.82 Å². The number of fused-ring (bicyclic) bond motifs is 2. The summed E-state index contributed by atoms with van der Waals surface area (Å²) in [5, 5.41) is 6.23. The van der Waals surface area contributed by atoms with Gasteiger partial charge in [0.2, 0.25) is 0 Å². The molecular formula is C24H30N6O3. The fourth-order valence-corrected chi connectivity index (χ4v) is 4.94. The number of hydrogen-bond acceptors (Lipinski definition) is 7. The highest BCUT2D eigenvalue weighted by molar-refractivity contribution is 6.02. The van der Waals surface area contributed by atoms with Crippen LogP contribution in [0.15, 0.2) is 36.5 Å². The number of nitrogens with one attached hydrogen (secondary N) is 2. The third kappa shape index (κ3) is 4.83. The van der Waals surface area contributed by atoms with E-state index in [2.05, 4.69) is 20.5 Å². The number of carbonyl (C=O) groups is 3. The Morgan fingerprint density at radius 2 is 1.79 bits per heavy atom. The molecule has 0 aliphatic carbocycles. The van der Waals surface area contributed by atoms with E-state index in [4.69, 9.17) is 11.5 Å². The van der Waals surface area contributed by atoms with E-state index in [-0.39, 0.29) is 17.7 Å². The first-order valence-corrected chi connectivity index (χ1v) is 11.3. The zero-order chi connectivity index (χ0) is 23.5. The SMILES string of the molecule is CC(=O)c1ccc(N2C3CCC2CC(NC(=O)c2ccc(C(N)=O)c(NCCN)c2)C3)nc1. The molecule has 1 aromatic heterocycles. The van der Waals surface area contributed by atoms with Gasteiger partial charge in [0.25, 0.3) is 11.8 Å². The maximum atomic E-state index is 13.0. The minimum absolute atomic E-state index is 0.00342. The molecular weight excluding hydrogens is 420 g/mol. The third-order valence-electron chi connectivity index (χ3n) is 6.49. The number of pyridine rings is 1. The van der Waals surface area contributed by atoms with Crippen LogP contribution in [0.2, 0.25) is 0 Å². The number of rotatable bonds is 8. The molecule has 9 heteroatoms. The number of amides is 2. The second-order valence-corrected chi connectivity index (χ2v) is 8.74. The van der Waals surface area contributed by atoms with Crippen molar-refractivity contribution < 1.29 is 14.4 Å². The smallest absolute Gasteiger partial charge is 0.251 e. The topological polar surface area (TPSA) is 143 Å². The van der Waals surface area contributed by atoms with E-state index in [1.165, 1.54) is 6.92 Å². The molecule has 2 unspecified atom stereocenters. The fourth-order valence-electron chi connectivity index (χ4n) is 4.94. The number of nitrogens with two attached hydrogens (primary N) is 2. The summed E-state index contributed by atoms with van der Waals surface area (Å²) in [6.45, 7) is 2.39. The van der Waals surface area contributed by atoms with Crippen LogP contribution >= 0.6 is 0 Å². The molecule has 0 radical (unpaired) electrons. The van der Waals surface area contributed by atoms with Crippen LogP contribution in [0.1, 0.15) is 63.7 Å². The molecule has 0 saturated carbocycles. The van der Waals surface area contributed by atoms with E-state index in [0.717, 1.165) is 31.5 Å². The van der Waals surface area contributed by atoms with E-state index in [0.29, 0.717) is 47.6 Å². The largest absolute Gasteiger partial charge is 0.383 e. The van der Waals surface area contributed by atoms with Gasteiger partial charge in [0.05, 0.1) is 5.56 Å². The number of ketones is 1. The Kier molecular flexibility index (Phi) is 6.60. The summed E-state index contributed by atoms with van der Waals surface area (Å²) in [5.41, 5.74) is 12.9. The normalized spacial score (nSPS) is 21.5. The number of Topliss-reactive ketones (excluding diaryl/α,β-unsaturated/α-hetero) is 1. The summed E-state index contributed by atoms with van der Waals surface area (Å²) in [4.78, 5) is 43.0. The molecule has 174 valence electrons. The first-order valence-electron chi connectivity index (χ1n) is 11.3. The zero-order valence-electron chi connectivity index (χ0n) is 18.7. The summed E-state index contributed by atoms with van der Waals surface area (Å²) in [6.07, 6.45) is 5.39. The van der Waals surface area contributed by atoms with Crippen LogP contribution < -0.4 is 27.0 Å². The van der Waals surface area contributed by atoms with Crippen molar-refractivity contribution in [1.29, 1.82) is 0 Å². The molecule has 33 heavy (non-hydrogen) atoms. The lowest BCUT2D eigenvalue weighted by molar-refractivity contribution is 0.0924. The fraction of sp³-hybridized carbons (Fsp3) is 0.417. The molecule has 2 aromatic rings. The number of nitrogens with zero attached hydrogens (tertiary/aromatic N) is 2. The molecule has 4 rings (SSSR count). The van der Waals surface area contributed by atoms with Crippen molar-refractivity contribution in [1.82, 2.24) is 10.3 Å². The van der Waals surface area contributed by atoms with Crippen molar-refractivity contribution in [2.24, 2.45) is 11.5 Å². The number of aromatic nitrogens is 1. The lowest BCUT2D eigenvalue weighted by Gasteiger charge is -2.40. The van der Waals surface area contributed by atoms with Crippen molar-refractivity contribution in [3.05, 3.63) is 53.2 Å². The molecule has 2 bridgehead atoms. The van der Waals surface area contributed by atoms with Crippen molar-refractivity contribution >= 4 is 29.1 Å². The third-order valence-corrected chi connectivity index (χ3v) is 6.49. The zero-order valence-corrected chi connectivity index (χ0v) is 18.7.